The van der Waals surface area contributed by atoms with Crippen LogP contribution in [-0.4, -0.2) is 4.98 Å². The van der Waals surface area contributed by atoms with E-state index in [0.717, 1.165) is 22.5 Å². The SMILES string of the molecule is Cc1oc(-c2ccncc2)c2ccccc12. The number of aromatic nitrogens is 1. The van der Waals surface area contributed by atoms with Gasteiger partial charge in [0.15, 0.2) is 0 Å². The van der Waals surface area contributed by atoms with E-state index in [2.05, 4.69) is 17.1 Å². The number of pyridine rings is 1. The van der Waals surface area contributed by atoms with Crippen LogP contribution in [0.25, 0.3) is 22.1 Å². The zero-order valence-electron chi connectivity index (χ0n) is 8.97. The molecule has 3 rings (SSSR count). The third kappa shape index (κ3) is 1.31. The van der Waals surface area contributed by atoms with Crippen molar-refractivity contribution in [1.29, 1.82) is 0 Å². The van der Waals surface area contributed by atoms with Crippen molar-refractivity contribution >= 4 is 10.8 Å². The zero-order chi connectivity index (χ0) is 11.0. The van der Waals surface area contributed by atoms with Crippen molar-refractivity contribution < 1.29 is 4.42 Å². The van der Waals surface area contributed by atoms with Crippen molar-refractivity contribution in [2.24, 2.45) is 0 Å². The molecule has 0 radical (unpaired) electrons. The molecular formula is C14H11NO. The molecule has 2 nitrogen and oxygen atoms in total. The van der Waals surface area contributed by atoms with Gasteiger partial charge in [0, 0.05) is 28.7 Å². The van der Waals surface area contributed by atoms with Crippen LogP contribution in [-0.2, 0) is 0 Å². The second-order valence-corrected chi connectivity index (χ2v) is 3.77. The van der Waals surface area contributed by atoms with E-state index in [0.29, 0.717) is 0 Å². The first-order chi connectivity index (χ1) is 7.86. The number of benzene rings is 1. The molecule has 0 aliphatic carbocycles. The molecule has 0 aliphatic heterocycles. The Balaban J connectivity index is 2.33. The van der Waals surface area contributed by atoms with Crippen LogP contribution in [0.1, 0.15) is 5.76 Å². The van der Waals surface area contributed by atoms with Crippen molar-refractivity contribution in [3.05, 3.63) is 54.6 Å². The number of nitrogens with zero attached hydrogens (tertiary/aromatic N) is 1. The summed E-state index contributed by atoms with van der Waals surface area (Å²) < 4.78 is 5.82. The van der Waals surface area contributed by atoms with Gasteiger partial charge in [-0.3, -0.25) is 4.98 Å². The number of furan rings is 1. The zero-order valence-corrected chi connectivity index (χ0v) is 8.97. The van der Waals surface area contributed by atoms with Crippen molar-refractivity contribution in [1.82, 2.24) is 4.98 Å². The van der Waals surface area contributed by atoms with E-state index in [1.807, 2.05) is 31.2 Å². The summed E-state index contributed by atoms with van der Waals surface area (Å²) in [5, 5.41) is 2.33. The Hall–Kier alpha value is -2.09. The molecule has 16 heavy (non-hydrogen) atoms. The number of aryl methyl sites for hydroxylation is 1. The highest BCUT2D eigenvalue weighted by atomic mass is 16.3. The van der Waals surface area contributed by atoms with Crippen LogP contribution in [0.15, 0.2) is 53.2 Å². The van der Waals surface area contributed by atoms with Gasteiger partial charge in [-0.2, -0.15) is 0 Å². The van der Waals surface area contributed by atoms with E-state index >= 15 is 0 Å². The van der Waals surface area contributed by atoms with E-state index in [4.69, 9.17) is 4.42 Å². The topological polar surface area (TPSA) is 26.0 Å². The Labute approximate surface area is 93.5 Å². The van der Waals surface area contributed by atoms with Crippen LogP contribution in [0.3, 0.4) is 0 Å². The minimum atomic E-state index is 0.926. The second-order valence-electron chi connectivity index (χ2n) is 3.77. The van der Waals surface area contributed by atoms with Gasteiger partial charge in [-0.15, -0.1) is 0 Å². The standard InChI is InChI=1S/C14H11NO/c1-10-12-4-2-3-5-13(12)14(16-10)11-6-8-15-9-7-11/h2-9H,1H3. The quantitative estimate of drug-likeness (QED) is 0.609. The Morgan fingerprint density at radius 1 is 0.938 bits per heavy atom. The molecule has 0 aliphatic rings. The lowest BCUT2D eigenvalue weighted by Crippen LogP contribution is -1.75. The van der Waals surface area contributed by atoms with Gasteiger partial charge in [0.1, 0.15) is 11.5 Å². The smallest absolute Gasteiger partial charge is 0.142 e. The molecule has 1 aromatic carbocycles. The summed E-state index contributed by atoms with van der Waals surface area (Å²) in [6.45, 7) is 1.99. The average Bonchev–Trinajstić information content (AvgIpc) is 2.69. The molecule has 3 aromatic rings. The predicted octanol–water partition coefficient (Wildman–Crippen LogP) is 3.80. The van der Waals surface area contributed by atoms with Gasteiger partial charge >= 0.3 is 0 Å². The highest BCUT2D eigenvalue weighted by Crippen LogP contribution is 2.32. The normalized spacial score (nSPS) is 10.8. The highest BCUT2D eigenvalue weighted by Gasteiger charge is 2.10. The van der Waals surface area contributed by atoms with Crippen LogP contribution < -0.4 is 0 Å². The van der Waals surface area contributed by atoms with Crippen LogP contribution in [0.4, 0.5) is 0 Å². The number of rotatable bonds is 1. The second kappa shape index (κ2) is 3.49. The average molecular weight is 209 g/mol. The summed E-state index contributed by atoms with van der Waals surface area (Å²) in [4.78, 5) is 4.02. The summed E-state index contributed by atoms with van der Waals surface area (Å²) >= 11 is 0. The third-order valence-corrected chi connectivity index (χ3v) is 2.75. The minimum Gasteiger partial charge on any atom is -0.460 e. The molecular weight excluding hydrogens is 198 g/mol. The third-order valence-electron chi connectivity index (χ3n) is 2.75. The highest BCUT2D eigenvalue weighted by molar-refractivity contribution is 5.95. The molecule has 78 valence electrons. The molecule has 0 saturated carbocycles. The lowest BCUT2D eigenvalue weighted by Gasteiger charge is -1.96. The maximum Gasteiger partial charge on any atom is 0.142 e. The lowest BCUT2D eigenvalue weighted by molar-refractivity contribution is 0.553. The minimum absolute atomic E-state index is 0.926. The maximum absolute atomic E-state index is 5.82. The molecule has 0 amide bonds. The number of fused-ring (bicyclic) bond motifs is 1. The maximum atomic E-state index is 5.82. The molecule has 0 N–H and O–H groups in total. The molecule has 0 atom stereocenters. The van der Waals surface area contributed by atoms with Gasteiger partial charge in [-0.25, -0.2) is 0 Å². The molecule has 0 fully saturated rings. The Morgan fingerprint density at radius 2 is 1.62 bits per heavy atom. The summed E-state index contributed by atoms with van der Waals surface area (Å²) in [6.07, 6.45) is 3.56. The predicted molar refractivity (Wildman–Crippen MR) is 64.2 cm³/mol. The fraction of sp³-hybridized carbons (Fsp3) is 0.0714. The Morgan fingerprint density at radius 3 is 2.38 bits per heavy atom. The van der Waals surface area contributed by atoms with E-state index in [9.17, 15) is 0 Å². The van der Waals surface area contributed by atoms with Crippen molar-refractivity contribution in [2.75, 3.05) is 0 Å². The van der Waals surface area contributed by atoms with E-state index in [1.165, 1.54) is 5.39 Å². The summed E-state index contributed by atoms with van der Waals surface area (Å²) in [6, 6.07) is 12.2. The van der Waals surface area contributed by atoms with E-state index in [-0.39, 0.29) is 0 Å². The Bertz CT molecular complexity index is 626. The van der Waals surface area contributed by atoms with Crippen LogP contribution in [0.5, 0.6) is 0 Å². The van der Waals surface area contributed by atoms with Crippen molar-refractivity contribution in [3.63, 3.8) is 0 Å². The molecule has 0 bridgehead atoms. The first kappa shape index (κ1) is 9.16. The molecule has 2 heterocycles. The first-order valence-electron chi connectivity index (χ1n) is 5.25. The first-order valence-corrected chi connectivity index (χ1v) is 5.25. The van der Waals surface area contributed by atoms with E-state index in [1.54, 1.807) is 12.4 Å². The Kier molecular flexibility index (Phi) is 2.00. The van der Waals surface area contributed by atoms with Crippen LogP contribution >= 0.6 is 0 Å². The fourth-order valence-electron chi connectivity index (χ4n) is 1.97. The van der Waals surface area contributed by atoms with Gasteiger partial charge < -0.3 is 4.42 Å². The van der Waals surface area contributed by atoms with Crippen molar-refractivity contribution in [3.8, 4) is 11.3 Å². The van der Waals surface area contributed by atoms with Gasteiger partial charge in [-0.05, 0) is 19.1 Å². The van der Waals surface area contributed by atoms with Gasteiger partial charge in [0.25, 0.3) is 0 Å². The molecule has 0 unspecified atom stereocenters. The molecule has 0 spiro atoms. The lowest BCUT2D eigenvalue weighted by atomic mass is 10.1. The van der Waals surface area contributed by atoms with Crippen LogP contribution in [0, 0.1) is 6.92 Å². The largest absolute Gasteiger partial charge is 0.460 e. The number of hydrogen-bond donors (Lipinski definition) is 0. The van der Waals surface area contributed by atoms with Gasteiger partial charge in [0.05, 0.1) is 0 Å². The summed E-state index contributed by atoms with van der Waals surface area (Å²) in [7, 11) is 0. The summed E-state index contributed by atoms with van der Waals surface area (Å²) in [5.74, 6) is 1.89. The number of hydrogen-bond acceptors (Lipinski definition) is 2. The molecule has 0 saturated heterocycles. The monoisotopic (exact) mass is 209 g/mol. The molecule has 2 aromatic heterocycles. The van der Waals surface area contributed by atoms with Crippen molar-refractivity contribution in [2.45, 2.75) is 6.92 Å². The summed E-state index contributed by atoms with van der Waals surface area (Å²) in [5.41, 5.74) is 1.07. The van der Waals surface area contributed by atoms with E-state index < -0.39 is 0 Å². The fourth-order valence-corrected chi connectivity index (χ4v) is 1.97. The van der Waals surface area contributed by atoms with Crippen LogP contribution in [0.2, 0.25) is 0 Å². The molecule has 2 heteroatoms. The van der Waals surface area contributed by atoms with Gasteiger partial charge in [0.2, 0.25) is 0 Å². The van der Waals surface area contributed by atoms with Gasteiger partial charge in [-0.1, -0.05) is 24.3 Å².